The average molecular weight is 448 g/mol. The van der Waals surface area contributed by atoms with E-state index in [9.17, 15) is 4.79 Å². The molecule has 0 saturated carbocycles. The van der Waals surface area contributed by atoms with Crippen molar-refractivity contribution in [3.63, 3.8) is 0 Å². The molecule has 2 aromatic carbocycles. The number of amides is 1. The van der Waals surface area contributed by atoms with Crippen LogP contribution in [0.15, 0.2) is 66.1 Å². The van der Waals surface area contributed by atoms with E-state index in [0.29, 0.717) is 6.61 Å². The third-order valence-corrected chi connectivity index (χ3v) is 6.34. The van der Waals surface area contributed by atoms with Gasteiger partial charge in [0.25, 0.3) is 0 Å². The summed E-state index contributed by atoms with van der Waals surface area (Å²) in [7, 11) is 0. The molecule has 2 heterocycles. The SMILES string of the molecule is Cc1nc(COc2ccccc2/C=C/C(=O)N2CCCN(Cc3ccccc3)CC2)cs1. The van der Waals surface area contributed by atoms with Crippen LogP contribution < -0.4 is 4.74 Å². The Morgan fingerprint density at radius 2 is 1.88 bits per heavy atom. The van der Waals surface area contributed by atoms with Crippen LogP contribution in [-0.4, -0.2) is 46.9 Å². The lowest BCUT2D eigenvalue weighted by Crippen LogP contribution is -2.34. The fourth-order valence-corrected chi connectivity index (χ4v) is 4.43. The molecule has 0 unspecified atom stereocenters. The first-order valence-electron chi connectivity index (χ1n) is 11.0. The van der Waals surface area contributed by atoms with E-state index in [1.165, 1.54) is 5.56 Å². The van der Waals surface area contributed by atoms with Crippen LogP contribution in [0.5, 0.6) is 5.75 Å². The predicted octanol–water partition coefficient (Wildman–Crippen LogP) is 4.78. The number of aryl methyl sites for hydroxylation is 1. The lowest BCUT2D eigenvalue weighted by molar-refractivity contribution is -0.125. The Bertz CT molecular complexity index is 1050. The Morgan fingerprint density at radius 3 is 2.69 bits per heavy atom. The van der Waals surface area contributed by atoms with E-state index in [2.05, 4.69) is 34.1 Å². The molecule has 3 aromatic rings. The minimum atomic E-state index is 0.0523. The molecule has 0 N–H and O–H groups in total. The van der Waals surface area contributed by atoms with Crippen molar-refractivity contribution >= 4 is 23.3 Å². The van der Waals surface area contributed by atoms with Gasteiger partial charge in [0, 0.05) is 49.7 Å². The van der Waals surface area contributed by atoms with Crippen LogP contribution in [-0.2, 0) is 17.9 Å². The molecule has 0 atom stereocenters. The minimum Gasteiger partial charge on any atom is -0.487 e. The molecular formula is C26H29N3O2S. The summed E-state index contributed by atoms with van der Waals surface area (Å²) < 4.78 is 5.97. The molecule has 1 saturated heterocycles. The standard InChI is InChI=1S/C26H29N3O2S/c1-21-27-24(20-32-21)19-31-25-11-6-5-10-23(25)12-13-26(30)29-15-7-14-28(16-17-29)18-22-8-3-2-4-9-22/h2-6,8-13,20H,7,14-19H2,1H3/b13-12+. The number of ether oxygens (including phenoxy) is 1. The van der Waals surface area contributed by atoms with E-state index in [-0.39, 0.29) is 5.91 Å². The summed E-state index contributed by atoms with van der Waals surface area (Å²) in [5.74, 6) is 0.809. The van der Waals surface area contributed by atoms with Gasteiger partial charge in [0.2, 0.25) is 5.91 Å². The maximum Gasteiger partial charge on any atom is 0.246 e. The van der Waals surface area contributed by atoms with E-state index >= 15 is 0 Å². The quantitative estimate of drug-likeness (QED) is 0.489. The first-order valence-corrected chi connectivity index (χ1v) is 11.9. The van der Waals surface area contributed by atoms with Crippen molar-refractivity contribution in [2.24, 2.45) is 0 Å². The van der Waals surface area contributed by atoms with Crippen LogP contribution in [0.3, 0.4) is 0 Å². The number of hydrogen-bond acceptors (Lipinski definition) is 5. The molecule has 1 aromatic heterocycles. The molecule has 1 amide bonds. The highest BCUT2D eigenvalue weighted by atomic mass is 32.1. The van der Waals surface area contributed by atoms with Crippen molar-refractivity contribution in [3.05, 3.63) is 87.9 Å². The zero-order valence-corrected chi connectivity index (χ0v) is 19.3. The van der Waals surface area contributed by atoms with Gasteiger partial charge >= 0.3 is 0 Å². The van der Waals surface area contributed by atoms with E-state index in [1.807, 2.05) is 53.6 Å². The smallest absolute Gasteiger partial charge is 0.246 e. The molecule has 1 aliphatic heterocycles. The summed E-state index contributed by atoms with van der Waals surface area (Å²) in [6.07, 6.45) is 4.51. The number of rotatable bonds is 7. The monoisotopic (exact) mass is 447 g/mol. The van der Waals surface area contributed by atoms with Crippen molar-refractivity contribution in [2.45, 2.75) is 26.5 Å². The highest BCUT2D eigenvalue weighted by Crippen LogP contribution is 2.21. The maximum absolute atomic E-state index is 12.9. The largest absolute Gasteiger partial charge is 0.487 e. The second kappa shape index (κ2) is 11.1. The molecule has 6 heteroatoms. The van der Waals surface area contributed by atoms with Crippen LogP contribution in [0.1, 0.15) is 28.2 Å². The lowest BCUT2D eigenvalue weighted by Gasteiger charge is -2.21. The van der Waals surface area contributed by atoms with Crippen molar-refractivity contribution in [3.8, 4) is 5.75 Å². The van der Waals surface area contributed by atoms with Crippen LogP contribution in [0.25, 0.3) is 6.08 Å². The van der Waals surface area contributed by atoms with Gasteiger partial charge in [0.05, 0.1) is 10.7 Å². The van der Waals surface area contributed by atoms with Crippen LogP contribution in [0.4, 0.5) is 0 Å². The fraction of sp³-hybridized carbons (Fsp3) is 0.308. The fourth-order valence-electron chi connectivity index (χ4n) is 3.83. The normalized spacial score (nSPS) is 15.1. The highest BCUT2D eigenvalue weighted by molar-refractivity contribution is 7.09. The molecule has 0 aliphatic carbocycles. The van der Waals surface area contributed by atoms with Gasteiger partial charge in [-0.3, -0.25) is 9.69 Å². The van der Waals surface area contributed by atoms with E-state index in [0.717, 1.165) is 61.2 Å². The number of hydrogen-bond donors (Lipinski definition) is 0. The molecule has 0 spiro atoms. The first kappa shape index (κ1) is 22.2. The molecule has 166 valence electrons. The molecule has 5 nitrogen and oxygen atoms in total. The zero-order chi connectivity index (χ0) is 22.2. The number of nitrogens with zero attached hydrogens (tertiary/aromatic N) is 3. The summed E-state index contributed by atoms with van der Waals surface area (Å²) in [6.45, 7) is 6.78. The summed E-state index contributed by atoms with van der Waals surface area (Å²) in [5.41, 5.74) is 3.14. The Kier molecular flexibility index (Phi) is 7.69. The topological polar surface area (TPSA) is 45.7 Å². The van der Waals surface area contributed by atoms with Gasteiger partial charge in [0.1, 0.15) is 12.4 Å². The van der Waals surface area contributed by atoms with Crippen LogP contribution in [0, 0.1) is 6.92 Å². The second-order valence-electron chi connectivity index (χ2n) is 7.96. The number of aromatic nitrogens is 1. The first-order chi connectivity index (χ1) is 15.7. The Balaban J connectivity index is 1.33. The average Bonchev–Trinajstić information content (AvgIpc) is 3.09. The number of benzene rings is 2. The van der Waals surface area contributed by atoms with Crippen molar-refractivity contribution in [1.82, 2.24) is 14.8 Å². The van der Waals surface area contributed by atoms with Crippen molar-refractivity contribution in [1.29, 1.82) is 0 Å². The number of carbonyl (C=O) groups excluding carboxylic acids is 1. The van der Waals surface area contributed by atoms with Gasteiger partial charge in [-0.25, -0.2) is 4.98 Å². The molecular weight excluding hydrogens is 418 g/mol. The third-order valence-electron chi connectivity index (χ3n) is 5.52. The summed E-state index contributed by atoms with van der Waals surface area (Å²) in [6, 6.07) is 18.3. The van der Waals surface area contributed by atoms with Crippen LogP contribution in [0.2, 0.25) is 0 Å². The van der Waals surface area contributed by atoms with Gasteiger partial charge < -0.3 is 9.64 Å². The number of para-hydroxylation sites is 1. The molecule has 32 heavy (non-hydrogen) atoms. The van der Waals surface area contributed by atoms with Gasteiger partial charge in [-0.1, -0.05) is 48.5 Å². The highest BCUT2D eigenvalue weighted by Gasteiger charge is 2.17. The Morgan fingerprint density at radius 1 is 1.06 bits per heavy atom. The van der Waals surface area contributed by atoms with Gasteiger partial charge in [-0.15, -0.1) is 11.3 Å². The third kappa shape index (κ3) is 6.28. The van der Waals surface area contributed by atoms with Gasteiger partial charge in [-0.05, 0) is 31.1 Å². The van der Waals surface area contributed by atoms with E-state index < -0.39 is 0 Å². The van der Waals surface area contributed by atoms with Crippen molar-refractivity contribution < 1.29 is 9.53 Å². The molecule has 0 bridgehead atoms. The van der Waals surface area contributed by atoms with Crippen molar-refractivity contribution in [2.75, 3.05) is 26.2 Å². The Labute approximate surface area is 194 Å². The molecule has 1 fully saturated rings. The predicted molar refractivity (Wildman–Crippen MR) is 130 cm³/mol. The molecule has 0 radical (unpaired) electrons. The number of thiazole rings is 1. The van der Waals surface area contributed by atoms with Gasteiger partial charge in [0.15, 0.2) is 0 Å². The van der Waals surface area contributed by atoms with E-state index in [4.69, 9.17) is 4.74 Å². The van der Waals surface area contributed by atoms with Crippen LogP contribution >= 0.6 is 11.3 Å². The van der Waals surface area contributed by atoms with Gasteiger partial charge in [-0.2, -0.15) is 0 Å². The number of carbonyl (C=O) groups is 1. The Hall–Kier alpha value is -2.96. The molecule has 1 aliphatic rings. The maximum atomic E-state index is 12.9. The summed E-state index contributed by atoms with van der Waals surface area (Å²) >= 11 is 1.62. The minimum absolute atomic E-state index is 0.0523. The lowest BCUT2D eigenvalue weighted by atomic mass is 10.2. The summed E-state index contributed by atoms with van der Waals surface area (Å²) in [5, 5.41) is 3.04. The molecule has 4 rings (SSSR count). The summed E-state index contributed by atoms with van der Waals surface area (Å²) in [4.78, 5) is 21.7. The zero-order valence-electron chi connectivity index (χ0n) is 18.4. The van der Waals surface area contributed by atoms with E-state index in [1.54, 1.807) is 17.4 Å². The second-order valence-corrected chi connectivity index (χ2v) is 9.02.